The largest absolute Gasteiger partial charge is 0.478 e. The fourth-order valence-corrected chi connectivity index (χ4v) is 2.09. The number of para-hydroxylation sites is 1. The van der Waals surface area contributed by atoms with E-state index in [0.29, 0.717) is 6.54 Å². The maximum absolute atomic E-state index is 11.3. The first-order valence-corrected chi connectivity index (χ1v) is 6.11. The minimum absolute atomic E-state index is 0.0896. The lowest BCUT2D eigenvalue weighted by atomic mass is 10.1. The molecule has 108 valence electrons. The summed E-state index contributed by atoms with van der Waals surface area (Å²) in [7, 11) is 1.62. The zero-order valence-electron chi connectivity index (χ0n) is 11.3. The number of anilines is 1. The van der Waals surface area contributed by atoms with E-state index in [4.69, 9.17) is 0 Å². The van der Waals surface area contributed by atoms with E-state index in [0.717, 1.165) is 5.56 Å². The number of benzene rings is 1. The van der Waals surface area contributed by atoms with Crippen LogP contribution in [0.1, 0.15) is 15.9 Å². The number of rotatable bonds is 5. The second-order valence-corrected chi connectivity index (χ2v) is 4.45. The molecule has 0 aliphatic carbocycles. The molecule has 2 rings (SSSR count). The summed E-state index contributed by atoms with van der Waals surface area (Å²) in [5, 5.41) is 20.4. The highest BCUT2D eigenvalue weighted by Gasteiger charge is 2.24. The zero-order chi connectivity index (χ0) is 15.4. The summed E-state index contributed by atoms with van der Waals surface area (Å²) in [5.41, 5.74) is 0.640. The van der Waals surface area contributed by atoms with Gasteiger partial charge in [0.1, 0.15) is 5.69 Å². The van der Waals surface area contributed by atoms with E-state index >= 15 is 0 Å². The van der Waals surface area contributed by atoms with Gasteiger partial charge in [0.25, 0.3) is 5.69 Å². The van der Waals surface area contributed by atoms with E-state index in [9.17, 15) is 20.0 Å². The van der Waals surface area contributed by atoms with Gasteiger partial charge >= 0.3 is 5.97 Å². The first-order chi connectivity index (χ1) is 10.0. The minimum Gasteiger partial charge on any atom is -0.478 e. The summed E-state index contributed by atoms with van der Waals surface area (Å²) in [6.45, 7) is 0.341. The fraction of sp³-hybridized carbons (Fsp3) is 0.143. The van der Waals surface area contributed by atoms with Crippen LogP contribution in [0.2, 0.25) is 0 Å². The number of nitro groups is 1. The van der Waals surface area contributed by atoms with Crippen LogP contribution in [-0.2, 0) is 6.54 Å². The smallest absolute Gasteiger partial charge is 0.338 e. The molecule has 0 saturated heterocycles. The monoisotopic (exact) mass is 287 g/mol. The van der Waals surface area contributed by atoms with Crippen molar-refractivity contribution in [2.24, 2.45) is 0 Å². The average Bonchev–Trinajstić information content (AvgIpc) is 2.47. The number of carboxylic acids is 1. The van der Waals surface area contributed by atoms with Crippen LogP contribution in [0.5, 0.6) is 0 Å². The van der Waals surface area contributed by atoms with Crippen molar-refractivity contribution >= 4 is 17.3 Å². The summed E-state index contributed by atoms with van der Waals surface area (Å²) in [5.74, 6) is -1.20. The highest BCUT2D eigenvalue weighted by molar-refractivity contribution is 5.97. The predicted octanol–water partition coefficient (Wildman–Crippen LogP) is 2.32. The molecule has 0 amide bonds. The summed E-state index contributed by atoms with van der Waals surface area (Å²) in [6, 6.07) is 7.56. The number of nitrogens with zero attached hydrogens (tertiary/aromatic N) is 3. The first kappa shape index (κ1) is 14.4. The summed E-state index contributed by atoms with van der Waals surface area (Å²) in [4.78, 5) is 27.3. The number of hydrogen-bond acceptors (Lipinski definition) is 5. The van der Waals surface area contributed by atoms with Crippen LogP contribution in [0.4, 0.5) is 11.4 Å². The van der Waals surface area contributed by atoms with E-state index in [2.05, 4.69) is 4.98 Å². The molecule has 1 aromatic carbocycles. The lowest BCUT2D eigenvalue weighted by Crippen LogP contribution is -2.20. The van der Waals surface area contributed by atoms with Gasteiger partial charge in [-0.1, -0.05) is 6.07 Å². The van der Waals surface area contributed by atoms with Gasteiger partial charge in [-0.2, -0.15) is 0 Å². The molecular weight excluding hydrogens is 274 g/mol. The third kappa shape index (κ3) is 3.14. The van der Waals surface area contributed by atoms with Crippen molar-refractivity contribution in [2.75, 3.05) is 11.9 Å². The Bertz CT molecular complexity index is 641. The van der Waals surface area contributed by atoms with Gasteiger partial charge in [0.2, 0.25) is 0 Å². The molecule has 1 N–H and O–H groups in total. The predicted molar refractivity (Wildman–Crippen MR) is 76.4 cm³/mol. The van der Waals surface area contributed by atoms with Crippen LogP contribution in [-0.4, -0.2) is 28.0 Å². The van der Waals surface area contributed by atoms with Crippen molar-refractivity contribution in [1.29, 1.82) is 0 Å². The normalized spacial score (nSPS) is 10.1. The lowest BCUT2D eigenvalue weighted by molar-refractivity contribution is -0.384. The Morgan fingerprint density at radius 2 is 2.00 bits per heavy atom. The van der Waals surface area contributed by atoms with Crippen LogP contribution >= 0.6 is 0 Å². The maximum atomic E-state index is 11.3. The molecular formula is C14H13N3O4. The molecule has 0 atom stereocenters. The standard InChI is InChI=1S/C14H13N3O4/c1-16(9-10-5-7-15-8-6-10)13-11(14(18)19)3-2-4-12(13)17(20)21/h2-8H,9H2,1H3,(H,18,19). The van der Waals surface area contributed by atoms with Crippen molar-refractivity contribution in [2.45, 2.75) is 6.54 Å². The lowest BCUT2D eigenvalue weighted by Gasteiger charge is -2.21. The highest BCUT2D eigenvalue weighted by Crippen LogP contribution is 2.32. The maximum Gasteiger partial charge on any atom is 0.338 e. The second kappa shape index (κ2) is 6.00. The molecule has 0 saturated carbocycles. The van der Waals surface area contributed by atoms with Gasteiger partial charge in [-0.15, -0.1) is 0 Å². The number of hydrogen-bond donors (Lipinski definition) is 1. The van der Waals surface area contributed by atoms with Crippen LogP contribution in [0, 0.1) is 10.1 Å². The number of nitro benzene ring substituents is 1. The molecule has 2 aromatic rings. The number of aromatic nitrogens is 1. The molecule has 7 heteroatoms. The molecule has 7 nitrogen and oxygen atoms in total. The van der Waals surface area contributed by atoms with Gasteiger partial charge < -0.3 is 10.0 Å². The van der Waals surface area contributed by atoms with Crippen LogP contribution in [0.25, 0.3) is 0 Å². The summed E-state index contributed by atoms with van der Waals surface area (Å²) < 4.78 is 0. The SMILES string of the molecule is CN(Cc1ccncc1)c1c(C(=O)O)cccc1[N+](=O)[O-]. The first-order valence-electron chi connectivity index (χ1n) is 6.11. The minimum atomic E-state index is -1.20. The van der Waals surface area contributed by atoms with E-state index in [1.54, 1.807) is 36.5 Å². The topological polar surface area (TPSA) is 96.6 Å². The molecule has 1 aromatic heterocycles. The Balaban J connectivity index is 2.45. The number of carbonyl (C=O) groups is 1. The van der Waals surface area contributed by atoms with Crippen molar-refractivity contribution in [3.63, 3.8) is 0 Å². The van der Waals surface area contributed by atoms with Crippen molar-refractivity contribution in [1.82, 2.24) is 4.98 Å². The molecule has 1 heterocycles. The average molecular weight is 287 g/mol. The highest BCUT2D eigenvalue weighted by atomic mass is 16.6. The van der Waals surface area contributed by atoms with Crippen molar-refractivity contribution < 1.29 is 14.8 Å². The quantitative estimate of drug-likeness (QED) is 0.669. The van der Waals surface area contributed by atoms with E-state index in [1.807, 2.05) is 0 Å². The third-order valence-corrected chi connectivity index (χ3v) is 2.99. The molecule has 0 spiro atoms. The summed E-state index contributed by atoms with van der Waals surface area (Å²) >= 11 is 0. The van der Waals surface area contributed by atoms with Gasteiger partial charge in [-0.25, -0.2) is 4.79 Å². The molecule has 0 radical (unpaired) electrons. The molecule has 0 fully saturated rings. The van der Waals surface area contributed by atoms with Crippen LogP contribution in [0.3, 0.4) is 0 Å². The van der Waals surface area contributed by atoms with Gasteiger partial charge in [0.15, 0.2) is 0 Å². The molecule has 0 bridgehead atoms. The van der Waals surface area contributed by atoms with E-state index in [1.165, 1.54) is 18.2 Å². The molecule has 0 aliphatic rings. The van der Waals surface area contributed by atoms with E-state index in [-0.39, 0.29) is 16.9 Å². The number of carboxylic acid groups (broad SMARTS) is 1. The van der Waals surface area contributed by atoms with Gasteiger partial charge in [0, 0.05) is 32.1 Å². The van der Waals surface area contributed by atoms with E-state index < -0.39 is 10.9 Å². The Kier molecular flexibility index (Phi) is 4.13. The third-order valence-electron chi connectivity index (χ3n) is 2.99. The van der Waals surface area contributed by atoms with Crippen LogP contribution in [0.15, 0.2) is 42.7 Å². The fourth-order valence-electron chi connectivity index (χ4n) is 2.09. The molecule has 0 aliphatic heterocycles. The molecule has 0 unspecified atom stereocenters. The molecule has 21 heavy (non-hydrogen) atoms. The number of aromatic carboxylic acids is 1. The second-order valence-electron chi connectivity index (χ2n) is 4.45. The Labute approximate surface area is 120 Å². The summed E-state index contributed by atoms with van der Waals surface area (Å²) in [6.07, 6.45) is 3.22. The Hall–Kier alpha value is -2.96. The van der Waals surface area contributed by atoms with Crippen molar-refractivity contribution in [3.8, 4) is 0 Å². The Morgan fingerprint density at radius 3 is 2.57 bits per heavy atom. The zero-order valence-corrected chi connectivity index (χ0v) is 11.3. The van der Waals surface area contributed by atoms with Gasteiger partial charge in [-0.05, 0) is 23.8 Å². The van der Waals surface area contributed by atoms with Crippen LogP contribution < -0.4 is 4.90 Å². The number of pyridine rings is 1. The Morgan fingerprint density at radius 1 is 1.33 bits per heavy atom. The van der Waals surface area contributed by atoms with Crippen molar-refractivity contribution in [3.05, 3.63) is 64.0 Å². The van der Waals surface area contributed by atoms with Gasteiger partial charge in [0.05, 0.1) is 10.5 Å². The van der Waals surface area contributed by atoms with Gasteiger partial charge in [-0.3, -0.25) is 15.1 Å².